The first kappa shape index (κ1) is 17.0. The van der Waals surface area contributed by atoms with Gasteiger partial charge >= 0.3 is 12.4 Å². The normalized spacial score (nSPS) is 12.5. The van der Waals surface area contributed by atoms with Gasteiger partial charge in [-0.2, -0.15) is 31.4 Å². The number of rotatable bonds is 3. The molecule has 2 rings (SSSR count). The molecule has 0 N–H and O–H groups in total. The van der Waals surface area contributed by atoms with Gasteiger partial charge in [-0.25, -0.2) is 0 Å². The fourth-order valence-corrected chi connectivity index (χ4v) is 1.96. The highest BCUT2D eigenvalue weighted by atomic mass is 19.4. The zero-order valence-electron chi connectivity index (χ0n) is 11.6. The topological polar surface area (TPSA) is 34.9 Å². The third-order valence-corrected chi connectivity index (χ3v) is 2.89. The van der Waals surface area contributed by atoms with E-state index in [1.54, 1.807) is 13.0 Å². The summed E-state index contributed by atoms with van der Waals surface area (Å²) in [5.74, 6) is -2.58. The van der Waals surface area contributed by atoms with Crippen molar-refractivity contribution in [3.8, 4) is 0 Å². The van der Waals surface area contributed by atoms with Crippen molar-refractivity contribution in [1.82, 2.24) is 9.78 Å². The molecule has 0 bridgehead atoms. The maximum Gasteiger partial charge on any atom is 0.455 e. The van der Waals surface area contributed by atoms with Gasteiger partial charge in [0, 0.05) is 6.20 Å². The summed E-state index contributed by atoms with van der Waals surface area (Å²) in [5.41, 5.74) is -2.14. The van der Waals surface area contributed by atoms with E-state index in [4.69, 9.17) is 0 Å². The molecule has 23 heavy (non-hydrogen) atoms. The Kier molecular flexibility index (Phi) is 4.23. The number of aromatic nitrogens is 2. The van der Waals surface area contributed by atoms with E-state index in [2.05, 4.69) is 11.2 Å². The van der Waals surface area contributed by atoms with Crippen LogP contribution >= 0.6 is 0 Å². The lowest BCUT2D eigenvalue weighted by atomic mass is 10.1. The van der Waals surface area contributed by atoms with Crippen LogP contribution in [0, 0.1) is 13.0 Å². The molecule has 0 aliphatic rings. The molecule has 0 saturated carbocycles. The van der Waals surface area contributed by atoms with Crippen molar-refractivity contribution in [2.45, 2.75) is 25.8 Å². The summed E-state index contributed by atoms with van der Waals surface area (Å²) in [7, 11) is 0. The SMILES string of the molecule is Cc1[c]ccc(Cn2cc(C(=O)C(F)(F)F)c(C(F)(F)F)n2)c1. The highest BCUT2D eigenvalue weighted by molar-refractivity contribution is 6.01. The Balaban J connectivity index is 2.44. The van der Waals surface area contributed by atoms with Crippen LogP contribution in [0.5, 0.6) is 0 Å². The maximum atomic E-state index is 12.8. The van der Waals surface area contributed by atoms with Crippen LogP contribution in [0.4, 0.5) is 26.3 Å². The van der Waals surface area contributed by atoms with Crippen molar-refractivity contribution in [3.63, 3.8) is 0 Å². The second-order valence-corrected chi connectivity index (χ2v) is 4.79. The van der Waals surface area contributed by atoms with Crippen LogP contribution < -0.4 is 0 Å². The van der Waals surface area contributed by atoms with Gasteiger partial charge in [0.25, 0.3) is 5.78 Å². The molecule has 0 aliphatic heterocycles. The number of aryl methyl sites for hydroxylation is 1. The molecular formula is C14H9F6N2O. The first-order valence-electron chi connectivity index (χ1n) is 6.22. The number of hydrogen-bond acceptors (Lipinski definition) is 2. The third kappa shape index (κ3) is 3.91. The van der Waals surface area contributed by atoms with E-state index in [9.17, 15) is 31.1 Å². The number of nitrogens with zero attached hydrogens (tertiary/aromatic N) is 2. The van der Waals surface area contributed by atoms with Gasteiger partial charge in [-0.1, -0.05) is 18.2 Å². The van der Waals surface area contributed by atoms with Crippen LogP contribution in [0.15, 0.2) is 24.4 Å². The van der Waals surface area contributed by atoms with E-state index < -0.39 is 29.4 Å². The fraction of sp³-hybridized carbons (Fsp3) is 0.286. The van der Waals surface area contributed by atoms with Gasteiger partial charge in [0.2, 0.25) is 0 Å². The number of ketones is 1. The van der Waals surface area contributed by atoms with E-state index in [0.717, 1.165) is 0 Å². The summed E-state index contributed by atoms with van der Waals surface area (Å²) in [6.45, 7) is 1.50. The Bertz CT molecular complexity index is 730. The van der Waals surface area contributed by atoms with Crippen molar-refractivity contribution in [2.24, 2.45) is 0 Å². The molecule has 1 heterocycles. The third-order valence-electron chi connectivity index (χ3n) is 2.89. The van der Waals surface area contributed by atoms with Gasteiger partial charge < -0.3 is 0 Å². The first-order chi connectivity index (χ1) is 10.5. The molecule has 0 saturated heterocycles. The summed E-state index contributed by atoms with van der Waals surface area (Å²) in [6.07, 6.45) is -10.1. The smallest absolute Gasteiger partial charge is 0.284 e. The highest BCUT2D eigenvalue weighted by Gasteiger charge is 2.47. The van der Waals surface area contributed by atoms with E-state index in [1.165, 1.54) is 12.1 Å². The Morgan fingerprint density at radius 1 is 1.26 bits per heavy atom. The number of Topliss-reactive ketones (excluding diaryl/α,β-unsaturated/α-hetero) is 1. The van der Waals surface area contributed by atoms with Crippen LogP contribution in [0.25, 0.3) is 0 Å². The average Bonchev–Trinajstić information content (AvgIpc) is 2.80. The second-order valence-electron chi connectivity index (χ2n) is 4.79. The molecule has 0 aliphatic carbocycles. The Labute approximate surface area is 126 Å². The molecule has 0 atom stereocenters. The predicted octanol–water partition coefficient (Wildman–Crippen LogP) is 3.80. The molecule has 1 radical (unpaired) electrons. The monoisotopic (exact) mass is 335 g/mol. The van der Waals surface area contributed by atoms with Crippen molar-refractivity contribution in [1.29, 1.82) is 0 Å². The fourth-order valence-electron chi connectivity index (χ4n) is 1.96. The number of hydrogen-bond donors (Lipinski definition) is 0. The maximum absolute atomic E-state index is 12.8. The van der Waals surface area contributed by atoms with Crippen LogP contribution in [0.1, 0.15) is 27.2 Å². The molecule has 2 aromatic rings. The van der Waals surface area contributed by atoms with Gasteiger partial charge in [-0.15, -0.1) is 0 Å². The molecule has 9 heteroatoms. The zero-order chi connectivity index (χ0) is 17.4. The van der Waals surface area contributed by atoms with Crippen molar-refractivity contribution < 1.29 is 31.1 Å². The highest BCUT2D eigenvalue weighted by Crippen LogP contribution is 2.34. The second kappa shape index (κ2) is 5.71. The van der Waals surface area contributed by atoms with Crippen LogP contribution in [0.2, 0.25) is 0 Å². The quantitative estimate of drug-likeness (QED) is 0.632. The lowest BCUT2D eigenvalue weighted by Gasteiger charge is -2.07. The van der Waals surface area contributed by atoms with Gasteiger partial charge in [-0.3, -0.25) is 9.48 Å². The molecule has 0 fully saturated rings. The number of halogens is 6. The van der Waals surface area contributed by atoms with Crippen molar-refractivity contribution in [2.75, 3.05) is 0 Å². The number of carbonyl (C=O) groups excluding carboxylic acids is 1. The molecule has 1 aromatic heterocycles. The molecule has 0 unspecified atom stereocenters. The van der Waals surface area contributed by atoms with E-state index in [0.29, 0.717) is 22.0 Å². The van der Waals surface area contributed by atoms with Crippen LogP contribution in [-0.2, 0) is 12.7 Å². The summed E-state index contributed by atoms with van der Waals surface area (Å²) >= 11 is 0. The Morgan fingerprint density at radius 2 is 1.91 bits per heavy atom. The molecule has 0 spiro atoms. The van der Waals surface area contributed by atoms with Crippen molar-refractivity contribution in [3.05, 3.63) is 52.8 Å². The van der Waals surface area contributed by atoms with Gasteiger partial charge in [0.05, 0.1) is 12.1 Å². The zero-order valence-corrected chi connectivity index (χ0v) is 11.6. The van der Waals surface area contributed by atoms with E-state index in [-0.39, 0.29) is 6.54 Å². The number of carbonyl (C=O) groups is 1. The lowest BCUT2D eigenvalue weighted by Crippen LogP contribution is -2.25. The summed E-state index contributed by atoms with van der Waals surface area (Å²) in [5, 5.41) is 3.10. The van der Waals surface area contributed by atoms with Crippen LogP contribution in [-0.4, -0.2) is 21.7 Å². The molecular weight excluding hydrogens is 326 g/mol. The summed E-state index contributed by atoms with van der Waals surface area (Å²) < 4.78 is 76.4. The Hall–Kier alpha value is -2.32. The number of alkyl halides is 6. The average molecular weight is 335 g/mol. The lowest BCUT2D eigenvalue weighted by molar-refractivity contribution is -0.142. The molecule has 1 aromatic carbocycles. The minimum absolute atomic E-state index is 0.205. The van der Waals surface area contributed by atoms with Crippen molar-refractivity contribution >= 4 is 5.78 Å². The Morgan fingerprint density at radius 3 is 2.43 bits per heavy atom. The molecule has 123 valence electrons. The minimum atomic E-state index is -5.41. The van der Waals surface area contributed by atoms with Gasteiger partial charge in [-0.05, 0) is 24.1 Å². The summed E-state index contributed by atoms with van der Waals surface area (Å²) in [4.78, 5) is 11.2. The van der Waals surface area contributed by atoms with Gasteiger partial charge in [0.15, 0.2) is 5.69 Å². The predicted molar refractivity (Wildman–Crippen MR) is 66.7 cm³/mol. The van der Waals surface area contributed by atoms with Crippen LogP contribution in [0.3, 0.4) is 0 Å². The standard InChI is InChI=1S/C14H9F6N2O/c1-8-3-2-4-9(5-8)6-22-7-10(12(23)14(18,19)20)11(21-22)13(15,16)17/h2,4-5,7H,6H2,1H3. The summed E-state index contributed by atoms with van der Waals surface area (Å²) in [6, 6.07) is 7.48. The molecule has 3 nitrogen and oxygen atoms in total. The molecule has 0 amide bonds. The van der Waals surface area contributed by atoms with E-state index >= 15 is 0 Å². The van der Waals surface area contributed by atoms with E-state index in [1.807, 2.05) is 0 Å². The number of benzene rings is 1. The largest absolute Gasteiger partial charge is 0.455 e. The van der Waals surface area contributed by atoms with Gasteiger partial charge in [0.1, 0.15) is 0 Å². The minimum Gasteiger partial charge on any atom is -0.284 e. The first-order valence-corrected chi connectivity index (χ1v) is 6.22.